The molecule has 8 heteroatoms. The average molecular weight is 379 g/mol. The van der Waals surface area contributed by atoms with Crippen LogP contribution in [0, 0.1) is 0 Å². The Hall–Kier alpha value is 0.194. The number of hydrogen-bond acceptors (Lipinski definition) is 6. The van der Waals surface area contributed by atoms with E-state index >= 15 is 0 Å². The summed E-state index contributed by atoms with van der Waals surface area (Å²) in [7, 11) is -2.00. The van der Waals surface area contributed by atoms with Crippen molar-refractivity contribution in [3.63, 3.8) is 0 Å². The Labute approximate surface area is 148 Å². The molecule has 0 aliphatic carbocycles. The van der Waals surface area contributed by atoms with E-state index in [2.05, 4.69) is 39.3 Å². The summed E-state index contributed by atoms with van der Waals surface area (Å²) in [5, 5.41) is 0. The maximum Gasteiger partial charge on any atom is 0.185 e. The summed E-state index contributed by atoms with van der Waals surface area (Å²) >= 11 is 0. The van der Waals surface area contributed by atoms with Crippen LogP contribution in [0.4, 0.5) is 0 Å². The van der Waals surface area contributed by atoms with Gasteiger partial charge in [0.05, 0.1) is 6.61 Å². The molecule has 2 rings (SSSR count). The molecule has 0 amide bonds. The highest BCUT2D eigenvalue weighted by Crippen LogP contribution is 2.37. The van der Waals surface area contributed by atoms with Gasteiger partial charge in [0.15, 0.2) is 28.7 Å². The van der Waals surface area contributed by atoms with E-state index in [1.165, 1.54) is 0 Å². The minimum absolute atomic E-state index is 0.217. The molecule has 0 spiro atoms. The van der Waals surface area contributed by atoms with Crippen molar-refractivity contribution >= 4 is 16.6 Å². The van der Waals surface area contributed by atoms with E-state index in [1.807, 2.05) is 13.8 Å². The first-order valence-electron chi connectivity index (χ1n) is 8.67. The van der Waals surface area contributed by atoms with Crippen LogP contribution < -0.4 is 0 Å². The molecule has 0 aromatic heterocycles. The molecule has 0 saturated carbocycles. The van der Waals surface area contributed by atoms with Gasteiger partial charge in [-0.25, -0.2) is 0 Å². The molecular weight excluding hydrogens is 344 g/mol. The Balaban J connectivity index is 2.33. The summed E-state index contributed by atoms with van der Waals surface area (Å²) in [6.07, 6.45) is -1.45. The number of hydrogen-bond donors (Lipinski definition) is 0. The van der Waals surface area contributed by atoms with Gasteiger partial charge in [0.25, 0.3) is 0 Å². The third kappa shape index (κ3) is 5.34. The molecule has 0 aromatic carbocycles. The summed E-state index contributed by atoms with van der Waals surface area (Å²) in [5.41, 5.74) is 0. The Morgan fingerprint density at radius 3 is 1.96 bits per heavy atom. The molecule has 142 valence electrons. The van der Waals surface area contributed by atoms with Gasteiger partial charge in [0, 0.05) is 7.11 Å². The third-order valence-electron chi connectivity index (χ3n) is 3.82. The number of methoxy groups -OCH3 is 1. The molecule has 0 unspecified atom stereocenters. The lowest BCUT2D eigenvalue weighted by Gasteiger charge is -2.52. The van der Waals surface area contributed by atoms with E-state index in [-0.39, 0.29) is 24.4 Å². The van der Waals surface area contributed by atoms with E-state index in [9.17, 15) is 0 Å². The zero-order chi connectivity index (χ0) is 18.3. The first-order valence-corrected chi connectivity index (χ1v) is 15.5. The normalized spacial score (nSPS) is 37.1. The summed E-state index contributed by atoms with van der Waals surface area (Å²) < 4.78 is 36.6. The Morgan fingerprint density at radius 1 is 0.917 bits per heavy atom. The van der Waals surface area contributed by atoms with E-state index < -0.39 is 28.7 Å². The number of rotatable bonds is 5. The van der Waals surface area contributed by atoms with E-state index in [0.29, 0.717) is 6.61 Å². The fourth-order valence-electron chi connectivity index (χ4n) is 3.07. The van der Waals surface area contributed by atoms with Gasteiger partial charge in [-0.3, -0.25) is 0 Å². The Morgan fingerprint density at radius 2 is 1.46 bits per heavy atom. The molecule has 2 fully saturated rings. The van der Waals surface area contributed by atoms with E-state index in [4.69, 9.17) is 27.8 Å². The second-order valence-electron chi connectivity index (χ2n) is 8.96. The zero-order valence-corrected chi connectivity index (χ0v) is 18.5. The van der Waals surface area contributed by atoms with E-state index in [0.717, 1.165) is 0 Å². The molecule has 2 aliphatic rings. The SMILES string of the molecule is CO[C@H]1O[C@@H]2COC(C)(C)O[C@H]2[C@H](O[Si](C)(C)C)[C@H]1O[Si](C)(C)C. The number of fused-ring (bicyclic) bond motifs is 1. The Bertz CT molecular complexity index is 431. The van der Waals surface area contributed by atoms with Gasteiger partial charge < -0.3 is 27.8 Å². The van der Waals surface area contributed by atoms with Gasteiger partial charge in [0.2, 0.25) is 0 Å². The van der Waals surface area contributed by atoms with Crippen LogP contribution in [0.2, 0.25) is 39.3 Å². The lowest BCUT2D eigenvalue weighted by atomic mass is 9.97. The quantitative estimate of drug-likeness (QED) is 0.686. The highest BCUT2D eigenvalue weighted by Gasteiger charge is 2.54. The minimum Gasteiger partial charge on any atom is -0.409 e. The van der Waals surface area contributed by atoms with Crippen molar-refractivity contribution in [1.29, 1.82) is 0 Å². The zero-order valence-electron chi connectivity index (χ0n) is 16.5. The predicted molar refractivity (Wildman–Crippen MR) is 97.0 cm³/mol. The molecule has 0 aromatic rings. The average Bonchev–Trinajstić information content (AvgIpc) is 2.38. The maximum atomic E-state index is 6.53. The van der Waals surface area contributed by atoms with Crippen LogP contribution in [0.1, 0.15) is 13.8 Å². The monoisotopic (exact) mass is 378 g/mol. The molecule has 2 aliphatic heterocycles. The molecule has 6 nitrogen and oxygen atoms in total. The predicted octanol–water partition coefficient (Wildman–Crippen LogP) is 2.95. The molecular formula is C16H34O6Si2. The number of ether oxygens (including phenoxy) is 4. The third-order valence-corrected chi connectivity index (χ3v) is 5.78. The summed E-state index contributed by atoms with van der Waals surface area (Å²) in [6.45, 7) is 17.3. The van der Waals surface area contributed by atoms with Crippen molar-refractivity contribution < 1.29 is 27.8 Å². The highest BCUT2D eigenvalue weighted by molar-refractivity contribution is 6.70. The lowest BCUT2D eigenvalue weighted by molar-refractivity contribution is -0.376. The summed E-state index contributed by atoms with van der Waals surface area (Å²) in [6, 6.07) is 0. The minimum atomic E-state index is -1.82. The van der Waals surface area contributed by atoms with Crippen molar-refractivity contribution in [1.82, 2.24) is 0 Å². The topological polar surface area (TPSA) is 55.4 Å². The van der Waals surface area contributed by atoms with Crippen molar-refractivity contribution in [3.05, 3.63) is 0 Å². The van der Waals surface area contributed by atoms with Crippen molar-refractivity contribution in [2.24, 2.45) is 0 Å². The summed E-state index contributed by atoms with van der Waals surface area (Å²) in [4.78, 5) is 0. The largest absolute Gasteiger partial charge is 0.409 e. The standard InChI is InChI=1S/C16H34O6Si2/c1-16(2)18-10-11-12(20-16)13(21-23(4,5)6)14(15(17-3)19-11)22-24(7,8)9/h11-15H,10H2,1-9H3/t11-,12-,13+,14-,15+/m1/s1. The molecule has 2 saturated heterocycles. The van der Waals surface area contributed by atoms with Gasteiger partial charge in [-0.2, -0.15) is 0 Å². The lowest BCUT2D eigenvalue weighted by Crippen LogP contribution is -2.68. The van der Waals surface area contributed by atoms with Crippen LogP contribution in [-0.2, 0) is 27.8 Å². The first kappa shape index (κ1) is 20.5. The van der Waals surface area contributed by atoms with Crippen LogP contribution >= 0.6 is 0 Å². The summed E-state index contributed by atoms with van der Waals surface area (Å²) in [5.74, 6) is -0.658. The van der Waals surface area contributed by atoms with Crippen LogP contribution in [0.3, 0.4) is 0 Å². The molecule has 2 heterocycles. The molecule has 0 radical (unpaired) electrons. The fourth-order valence-corrected chi connectivity index (χ4v) is 5.21. The van der Waals surface area contributed by atoms with E-state index in [1.54, 1.807) is 7.11 Å². The van der Waals surface area contributed by atoms with Crippen LogP contribution in [0.25, 0.3) is 0 Å². The van der Waals surface area contributed by atoms with Crippen LogP contribution in [-0.4, -0.2) is 66.8 Å². The van der Waals surface area contributed by atoms with Gasteiger partial charge in [0.1, 0.15) is 24.4 Å². The molecule has 5 atom stereocenters. The van der Waals surface area contributed by atoms with Gasteiger partial charge >= 0.3 is 0 Å². The van der Waals surface area contributed by atoms with Crippen molar-refractivity contribution in [2.45, 2.75) is 89.6 Å². The van der Waals surface area contributed by atoms with Crippen LogP contribution in [0.5, 0.6) is 0 Å². The second-order valence-corrected chi connectivity index (χ2v) is 17.9. The fraction of sp³-hybridized carbons (Fsp3) is 1.00. The van der Waals surface area contributed by atoms with Gasteiger partial charge in [-0.1, -0.05) is 0 Å². The second kappa shape index (κ2) is 7.07. The van der Waals surface area contributed by atoms with Crippen LogP contribution in [0.15, 0.2) is 0 Å². The molecule has 0 N–H and O–H groups in total. The van der Waals surface area contributed by atoms with Gasteiger partial charge in [-0.05, 0) is 53.1 Å². The Kier molecular flexibility index (Phi) is 6.04. The smallest absolute Gasteiger partial charge is 0.185 e. The molecule has 24 heavy (non-hydrogen) atoms. The van der Waals surface area contributed by atoms with Gasteiger partial charge in [-0.15, -0.1) is 0 Å². The maximum absolute atomic E-state index is 6.53. The molecule has 0 bridgehead atoms. The highest BCUT2D eigenvalue weighted by atomic mass is 28.4. The van der Waals surface area contributed by atoms with Crippen molar-refractivity contribution in [3.8, 4) is 0 Å². The van der Waals surface area contributed by atoms with Crippen molar-refractivity contribution in [2.75, 3.05) is 13.7 Å². The first-order chi connectivity index (χ1) is 10.8.